The summed E-state index contributed by atoms with van der Waals surface area (Å²) in [6.45, 7) is 4.26. The van der Waals surface area contributed by atoms with Gasteiger partial charge >= 0.3 is 0 Å². The first-order chi connectivity index (χ1) is 6.16. The largest absolute Gasteiger partial charge is 0.307 e. The molecule has 0 aliphatic rings. The van der Waals surface area contributed by atoms with Crippen molar-refractivity contribution in [3.05, 3.63) is 35.2 Å². The maximum Gasteiger partial charge on any atom is 0.138 e. The zero-order valence-electron chi connectivity index (χ0n) is 7.66. The van der Waals surface area contributed by atoms with Crippen LogP contribution in [0, 0.1) is 0 Å². The summed E-state index contributed by atoms with van der Waals surface area (Å²) in [5.41, 5.74) is 2.01. The van der Waals surface area contributed by atoms with Crippen molar-refractivity contribution < 1.29 is 0 Å². The SMILES string of the molecule is CC(C)c1cn2ccc(Cl)cc2n1. The molecule has 0 fully saturated rings. The van der Waals surface area contributed by atoms with Gasteiger partial charge in [0.2, 0.25) is 0 Å². The Kier molecular flexibility index (Phi) is 2.00. The lowest BCUT2D eigenvalue weighted by Crippen LogP contribution is -1.84. The van der Waals surface area contributed by atoms with E-state index in [2.05, 4.69) is 18.8 Å². The molecule has 0 spiro atoms. The lowest BCUT2D eigenvalue weighted by atomic mass is 10.2. The van der Waals surface area contributed by atoms with Crippen molar-refractivity contribution in [1.29, 1.82) is 0 Å². The van der Waals surface area contributed by atoms with Crippen LogP contribution in [0.4, 0.5) is 0 Å². The Morgan fingerprint density at radius 3 is 2.92 bits per heavy atom. The highest BCUT2D eigenvalue weighted by Gasteiger charge is 2.04. The minimum atomic E-state index is 0.457. The van der Waals surface area contributed by atoms with Crippen molar-refractivity contribution in [3.63, 3.8) is 0 Å². The maximum atomic E-state index is 5.85. The van der Waals surface area contributed by atoms with Crippen LogP contribution in [0.2, 0.25) is 5.02 Å². The van der Waals surface area contributed by atoms with Gasteiger partial charge in [0, 0.05) is 17.4 Å². The number of pyridine rings is 1. The van der Waals surface area contributed by atoms with Gasteiger partial charge in [-0.05, 0) is 18.1 Å². The van der Waals surface area contributed by atoms with Crippen LogP contribution < -0.4 is 0 Å². The monoisotopic (exact) mass is 194 g/mol. The second kappa shape index (κ2) is 3.04. The normalized spacial score (nSPS) is 11.4. The molecule has 0 atom stereocenters. The molecule has 2 nitrogen and oxygen atoms in total. The van der Waals surface area contributed by atoms with Crippen molar-refractivity contribution in [2.45, 2.75) is 19.8 Å². The summed E-state index contributed by atoms with van der Waals surface area (Å²) < 4.78 is 1.99. The fourth-order valence-electron chi connectivity index (χ4n) is 1.25. The van der Waals surface area contributed by atoms with Crippen molar-refractivity contribution in [2.75, 3.05) is 0 Å². The highest BCUT2D eigenvalue weighted by atomic mass is 35.5. The molecule has 3 heteroatoms. The molecule has 0 aromatic carbocycles. The number of fused-ring (bicyclic) bond motifs is 1. The lowest BCUT2D eigenvalue weighted by Gasteiger charge is -1.94. The van der Waals surface area contributed by atoms with Crippen molar-refractivity contribution in [1.82, 2.24) is 9.38 Å². The Labute approximate surface area is 82.2 Å². The van der Waals surface area contributed by atoms with Gasteiger partial charge in [0.05, 0.1) is 5.69 Å². The summed E-state index contributed by atoms with van der Waals surface area (Å²) in [5.74, 6) is 0.457. The fraction of sp³-hybridized carbons (Fsp3) is 0.300. The van der Waals surface area contributed by atoms with Crippen LogP contribution in [0.3, 0.4) is 0 Å². The van der Waals surface area contributed by atoms with Crippen molar-refractivity contribution in [2.24, 2.45) is 0 Å². The van der Waals surface area contributed by atoms with E-state index >= 15 is 0 Å². The maximum absolute atomic E-state index is 5.85. The number of rotatable bonds is 1. The minimum absolute atomic E-state index is 0.457. The first kappa shape index (κ1) is 8.57. The van der Waals surface area contributed by atoms with E-state index in [-0.39, 0.29) is 0 Å². The molecular weight excluding hydrogens is 184 g/mol. The molecule has 0 N–H and O–H groups in total. The van der Waals surface area contributed by atoms with Gasteiger partial charge < -0.3 is 4.40 Å². The second-order valence-corrected chi connectivity index (χ2v) is 3.87. The molecule has 0 aliphatic carbocycles. The molecule has 0 amide bonds. The first-order valence-corrected chi connectivity index (χ1v) is 4.69. The van der Waals surface area contributed by atoms with Crippen LogP contribution in [0.1, 0.15) is 25.5 Å². The smallest absolute Gasteiger partial charge is 0.138 e. The summed E-state index contributed by atoms with van der Waals surface area (Å²) in [6, 6.07) is 3.73. The third-order valence-corrected chi connectivity index (χ3v) is 2.27. The van der Waals surface area contributed by atoms with Gasteiger partial charge in [-0.25, -0.2) is 4.98 Å². The third kappa shape index (κ3) is 1.54. The predicted octanol–water partition coefficient (Wildman–Crippen LogP) is 3.11. The molecule has 0 aliphatic heterocycles. The zero-order chi connectivity index (χ0) is 9.42. The first-order valence-electron chi connectivity index (χ1n) is 4.31. The summed E-state index contributed by atoms with van der Waals surface area (Å²) in [7, 11) is 0. The molecule has 0 saturated carbocycles. The fourth-order valence-corrected chi connectivity index (χ4v) is 1.41. The highest BCUT2D eigenvalue weighted by Crippen LogP contribution is 2.16. The van der Waals surface area contributed by atoms with Gasteiger partial charge in [-0.3, -0.25) is 0 Å². The zero-order valence-corrected chi connectivity index (χ0v) is 8.42. The molecule has 0 unspecified atom stereocenters. The van der Waals surface area contributed by atoms with Gasteiger partial charge in [-0.15, -0.1) is 0 Å². The Hall–Kier alpha value is -1.02. The summed E-state index contributed by atoms with van der Waals surface area (Å²) in [6.07, 6.45) is 3.97. The van der Waals surface area contributed by atoms with Crippen LogP contribution in [-0.4, -0.2) is 9.38 Å². The topological polar surface area (TPSA) is 17.3 Å². The van der Waals surface area contributed by atoms with E-state index in [4.69, 9.17) is 11.6 Å². The molecule has 0 bridgehead atoms. The van der Waals surface area contributed by atoms with Crippen LogP contribution in [-0.2, 0) is 0 Å². The summed E-state index contributed by atoms with van der Waals surface area (Å²) in [4.78, 5) is 4.45. The molecule has 2 aromatic heterocycles. The lowest BCUT2D eigenvalue weighted by molar-refractivity contribution is 0.834. The Bertz CT molecular complexity index is 431. The van der Waals surface area contributed by atoms with E-state index in [1.165, 1.54) is 0 Å². The Morgan fingerprint density at radius 1 is 1.46 bits per heavy atom. The van der Waals surface area contributed by atoms with Crippen LogP contribution in [0.25, 0.3) is 5.65 Å². The number of halogens is 1. The van der Waals surface area contributed by atoms with Gasteiger partial charge in [-0.2, -0.15) is 0 Å². The molecule has 2 rings (SSSR count). The van der Waals surface area contributed by atoms with Gasteiger partial charge in [-0.1, -0.05) is 25.4 Å². The quantitative estimate of drug-likeness (QED) is 0.682. The minimum Gasteiger partial charge on any atom is -0.307 e. The van der Waals surface area contributed by atoms with Gasteiger partial charge in [0.15, 0.2) is 0 Å². The summed E-state index contributed by atoms with van der Waals surface area (Å²) in [5, 5.41) is 0.730. The second-order valence-electron chi connectivity index (χ2n) is 3.43. The molecule has 13 heavy (non-hydrogen) atoms. The number of nitrogens with zero attached hydrogens (tertiary/aromatic N) is 2. The average Bonchev–Trinajstić information content (AvgIpc) is 2.46. The number of imidazole rings is 1. The average molecular weight is 195 g/mol. The Morgan fingerprint density at radius 2 is 2.23 bits per heavy atom. The van der Waals surface area contributed by atoms with Crippen LogP contribution >= 0.6 is 11.6 Å². The van der Waals surface area contributed by atoms with E-state index in [0.29, 0.717) is 5.92 Å². The van der Waals surface area contributed by atoms with Crippen LogP contribution in [0.5, 0.6) is 0 Å². The molecule has 2 aromatic rings. The van der Waals surface area contributed by atoms with E-state index in [9.17, 15) is 0 Å². The van der Waals surface area contributed by atoms with Gasteiger partial charge in [0.1, 0.15) is 5.65 Å². The molecule has 2 heterocycles. The van der Waals surface area contributed by atoms with E-state index < -0.39 is 0 Å². The van der Waals surface area contributed by atoms with E-state index in [1.807, 2.05) is 28.9 Å². The predicted molar refractivity (Wildman–Crippen MR) is 54.3 cm³/mol. The third-order valence-electron chi connectivity index (χ3n) is 2.03. The highest BCUT2D eigenvalue weighted by molar-refractivity contribution is 6.30. The van der Waals surface area contributed by atoms with Crippen LogP contribution in [0.15, 0.2) is 24.5 Å². The van der Waals surface area contributed by atoms with E-state index in [0.717, 1.165) is 16.4 Å². The number of hydrogen-bond donors (Lipinski definition) is 0. The van der Waals surface area contributed by atoms with Crippen molar-refractivity contribution in [3.8, 4) is 0 Å². The van der Waals surface area contributed by atoms with Gasteiger partial charge in [0.25, 0.3) is 0 Å². The number of aromatic nitrogens is 2. The molecule has 68 valence electrons. The van der Waals surface area contributed by atoms with Crippen molar-refractivity contribution >= 4 is 17.2 Å². The molecular formula is C10H11ClN2. The molecule has 0 radical (unpaired) electrons. The van der Waals surface area contributed by atoms with E-state index in [1.54, 1.807) is 0 Å². The molecule has 0 saturated heterocycles. The summed E-state index contributed by atoms with van der Waals surface area (Å²) >= 11 is 5.85. The standard InChI is InChI=1S/C10H11ClN2/c1-7(2)9-6-13-4-3-8(11)5-10(13)12-9/h3-7H,1-2H3. The number of hydrogen-bond acceptors (Lipinski definition) is 1. The Balaban J connectivity index is 2.62.